The molecule has 0 saturated carbocycles. The summed E-state index contributed by atoms with van der Waals surface area (Å²) in [5.41, 5.74) is -0.831. The summed E-state index contributed by atoms with van der Waals surface area (Å²) in [5, 5.41) is 2.98. The molecule has 108 valence electrons. The number of alkyl halides is 3. The van der Waals surface area contributed by atoms with Crippen molar-refractivity contribution < 1.29 is 17.6 Å². The lowest BCUT2D eigenvalue weighted by molar-refractivity contribution is -0.138. The molecule has 1 nitrogen and oxygen atoms in total. The van der Waals surface area contributed by atoms with Crippen LogP contribution in [-0.2, 0) is 12.7 Å². The molecule has 0 aliphatic heterocycles. The zero-order chi connectivity index (χ0) is 14.5. The molecule has 1 unspecified atom stereocenters. The highest BCUT2D eigenvalue weighted by Crippen LogP contribution is 2.32. The smallest absolute Gasteiger partial charge is 0.312 e. The van der Waals surface area contributed by atoms with Gasteiger partial charge in [0, 0.05) is 6.54 Å². The van der Waals surface area contributed by atoms with E-state index < -0.39 is 17.6 Å². The second-order valence-electron chi connectivity index (χ2n) is 4.49. The summed E-state index contributed by atoms with van der Waals surface area (Å²) < 4.78 is 51.1. The zero-order valence-electron chi connectivity index (χ0n) is 10.9. The van der Waals surface area contributed by atoms with Gasteiger partial charge in [-0.3, -0.25) is 0 Å². The van der Waals surface area contributed by atoms with Gasteiger partial charge >= 0.3 is 6.18 Å². The van der Waals surface area contributed by atoms with E-state index in [4.69, 9.17) is 0 Å². The molecule has 0 saturated heterocycles. The van der Waals surface area contributed by atoms with Crippen molar-refractivity contribution in [2.75, 3.05) is 18.6 Å². The molecule has 0 aromatic heterocycles. The van der Waals surface area contributed by atoms with E-state index in [9.17, 15) is 17.6 Å². The monoisotopic (exact) mass is 295 g/mol. The minimum atomic E-state index is -4.52. The fourth-order valence-corrected chi connectivity index (χ4v) is 2.45. The topological polar surface area (TPSA) is 12.0 Å². The molecule has 0 radical (unpaired) electrons. The Kier molecular flexibility index (Phi) is 6.13. The van der Waals surface area contributed by atoms with Gasteiger partial charge in [-0.2, -0.15) is 24.9 Å². The summed E-state index contributed by atoms with van der Waals surface area (Å²) in [4.78, 5) is 0. The summed E-state index contributed by atoms with van der Waals surface area (Å²) in [6, 6.07) is 2.78. The first-order valence-corrected chi connectivity index (χ1v) is 7.29. The van der Waals surface area contributed by atoms with Crippen LogP contribution in [0.2, 0.25) is 0 Å². The van der Waals surface area contributed by atoms with E-state index in [0.717, 1.165) is 11.8 Å². The third kappa shape index (κ3) is 5.40. The summed E-state index contributed by atoms with van der Waals surface area (Å²) >= 11 is 1.70. The lowest BCUT2D eigenvalue weighted by Gasteiger charge is -2.15. The Hall–Kier alpha value is -0.750. The minimum absolute atomic E-state index is 0.0743. The second kappa shape index (κ2) is 7.14. The first kappa shape index (κ1) is 16.3. The lowest BCUT2D eigenvalue weighted by Crippen LogP contribution is -2.23. The van der Waals surface area contributed by atoms with Gasteiger partial charge in [0.05, 0.1) is 5.56 Å². The normalized spacial score (nSPS) is 13.6. The molecular formula is C13H17F4NS. The summed E-state index contributed by atoms with van der Waals surface area (Å²) in [5.74, 6) is 0.458. The van der Waals surface area contributed by atoms with Crippen LogP contribution in [0.1, 0.15) is 18.1 Å². The Morgan fingerprint density at radius 1 is 1.32 bits per heavy atom. The molecule has 0 aliphatic rings. The Balaban J connectivity index is 2.68. The average Bonchev–Trinajstić information content (AvgIpc) is 2.30. The standard InChI is InChI=1S/C13H17F4NS/c1-9(8-19-2)6-18-7-10-3-4-11(14)5-12(10)13(15,16)17/h3-5,9,18H,6-8H2,1-2H3. The first-order chi connectivity index (χ1) is 8.84. The van der Waals surface area contributed by atoms with Gasteiger partial charge in [0.15, 0.2) is 0 Å². The van der Waals surface area contributed by atoms with Gasteiger partial charge in [-0.1, -0.05) is 13.0 Å². The molecule has 1 atom stereocenters. The van der Waals surface area contributed by atoms with Crippen molar-refractivity contribution in [1.82, 2.24) is 5.32 Å². The van der Waals surface area contributed by atoms with Crippen molar-refractivity contribution >= 4 is 11.8 Å². The quantitative estimate of drug-likeness (QED) is 0.798. The number of hydrogen-bond acceptors (Lipinski definition) is 2. The van der Waals surface area contributed by atoms with Gasteiger partial charge in [-0.15, -0.1) is 0 Å². The van der Waals surface area contributed by atoms with E-state index in [-0.39, 0.29) is 12.1 Å². The van der Waals surface area contributed by atoms with Crippen LogP contribution in [-0.4, -0.2) is 18.6 Å². The summed E-state index contributed by atoms with van der Waals surface area (Å²) in [6.07, 6.45) is -2.54. The molecule has 1 aromatic carbocycles. The molecule has 19 heavy (non-hydrogen) atoms. The summed E-state index contributed by atoms with van der Waals surface area (Å²) in [7, 11) is 0. The molecule has 0 amide bonds. The van der Waals surface area contributed by atoms with Gasteiger partial charge in [-0.25, -0.2) is 4.39 Å². The Labute approximate surface area is 114 Å². The zero-order valence-corrected chi connectivity index (χ0v) is 11.7. The molecule has 1 rings (SSSR count). The minimum Gasteiger partial charge on any atom is -0.312 e. The molecule has 0 heterocycles. The Morgan fingerprint density at radius 2 is 2.00 bits per heavy atom. The second-order valence-corrected chi connectivity index (χ2v) is 5.40. The first-order valence-electron chi connectivity index (χ1n) is 5.90. The van der Waals surface area contributed by atoms with Crippen LogP contribution in [0.3, 0.4) is 0 Å². The number of hydrogen-bond donors (Lipinski definition) is 1. The van der Waals surface area contributed by atoms with Crippen molar-refractivity contribution in [2.24, 2.45) is 5.92 Å². The van der Waals surface area contributed by atoms with E-state index in [2.05, 4.69) is 5.32 Å². The molecule has 0 aliphatic carbocycles. The van der Waals surface area contributed by atoms with E-state index in [1.165, 1.54) is 6.07 Å². The number of halogens is 4. The Bertz CT molecular complexity index is 406. The molecule has 0 spiro atoms. The van der Waals surface area contributed by atoms with Gasteiger partial charge in [0.25, 0.3) is 0 Å². The molecule has 0 fully saturated rings. The van der Waals surface area contributed by atoms with E-state index >= 15 is 0 Å². The maximum absolute atomic E-state index is 12.9. The van der Waals surface area contributed by atoms with Gasteiger partial charge in [-0.05, 0) is 42.2 Å². The van der Waals surface area contributed by atoms with Crippen LogP contribution in [0.4, 0.5) is 17.6 Å². The number of nitrogens with one attached hydrogen (secondary N) is 1. The van der Waals surface area contributed by atoms with Crippen LogP contribution >= 0.6 is 11.8 Å². The number of rotatable bonds is 6. The molecular weight excluding hydrogens is 278 g/mol. The van der Waals surface area contributed by atoms with Gasteiger partial charge in [0.1, 0.15) is 5.82 Å². The third-order valence-electron chi connectivity index (χ3n) is 2.64. The van der Waals surface area contributed by atoms with Crippen LogP contribution in [0, 0.1) is 11.7 Å². The maximum Gasteiger partial charge on any atom is 0.416 e. The van der Waals surface area contributed by atoms with Crippen LogP contribution in [0.25, 0.3) is 0 Å². The van der Waals surface area contributed by atoms with Gasteiger partial charge in [0.2, 0.25) is 0 Å². The molecule has 1 aromatic rings. The lowest BCUT2D eigenvalue weighted by atomic mass is 10.1. The van der Waals surface area contributed by atoms with Gasteiger partial charge < -0.3 is 5.32 Å². The van der Waals surface area contributed by atoms with Crippen molar-refractivity contribution in [3.8, 4) is 0 Å². The van der Waals surface area contributed by atoms with Crippen molar-refractivity contribution in [2.45, 2.75) is 19.6 Å². The van der Waals surface area contributed by atoms with Crippen molar-refractivity contribution in [3.05, 3.63) is 35.1 Å². The van der Waals surface area contributed by atoms with Crippen molar-refractivity contribution in [3.63, 3.8) is 0 Å². The Morgan fingerprint density at radius 3 is 2.58 bits per heavy atom. The van der Waals surface area contributed by atoms with E-state index in [1.807, 2.05) is 13.2 Å². The average molecular weight is 295 g/mol. The summed E-state index contributed by atoms with van der Waals surface area (Å²) in [6.45, 7) is 2.75. The fraction of sp³-hybridized carbons (Fsp3) is 0.538. The number of benzene rings is 1. The van der Waals surface area contributed by atoms with E-state index in [0.29, 0.717) is 18.5 Å². The molecule has 1 N–H and O–H groups in total. The van der Waals surface area contributed by atoms with E-state index in [1.54, 1.807) is 11.8 Å². The molecule has 6 heteroatoms. The highest BCUT2D eigenvalue weighted by Gasteiger charge is 2.33. The van der Waals surface area contributed by atoms with Crippen molar-refractivity contribution in [1.29, 1.82) is 0 Å². The third-order valence-corrected chi connectivity index (χ3v) is 3.54. The predicted molar refractivity (Wildman–Crippen MR) is 70.7 cm³/mol. The molecule has 0 bridgehead atoms. The highest BCUT2D eigenvalue weighted by atomic mass is 32.2. The predicted octanol–water partition coefficient (Wildman–Crippen LogP) is 3.93. The maximum atomic E-state index is 12.9. The largest absolute Gasteiger partial charge is 0.416 e. The van der Waals surface area contributed by atoms with Crippen LogP contribution in [0.15, 0.2) is 18.2 Å². The SMILES string of the molecule is CSCC(C)CNCc1ccc(F)cc1C(F)(F)F. The highest BCUT2D eigenvalue weighted by molar-refractivity contribution is 7.98. The number of thioether (sulfide) groups is 1. The van der Waals surface area contributed by atoms with Crippen LogP contribution < -0.4 is 5.32 Å². The van der Waals surface area contributed by atoms with Crippen LogP contribution in [0.5, 0.6) is 0 Å². The fourth-order valence-electron chi connectivity index (χ4n) is 1.76.